The van der Waals surface area contributed by atoms with E-state index in [1.54, 1.807) is 6.21 Å². The van der Waals surface area contributed by atoms with Crippen molar-refractivity contribution >= 4 is 33.9 Å². The van der Waals surface area contributed by atoms with E-state index in [1.807, 2.05) is 29.2 Å². The van der Waals surface area contributed by atoms with E-state index in [-0.39, 0.29) is 11.8 Å². The first-order chi connectivity index (χ1) is 11.2. The lowest BCUT2D eigenvalue weighted by molar-refractivity contribution is 0.122. The lowest BCUT2D eigenvalue weighted by atomic mass is 10.2. The molecule has 1 aromatic carbocycles. The van der Waals surface area contributed by atoms with Gasteiger partial charge in [0.05, 0.1) is 25.6 Å². The number of nitrogens with zero attached hydrogens (tertiary/aromatic N) is 4. The smallest absolute Gasteiger partial charge is 0.245 e. The first-order valence-corrected chi connectivity index (χ1v) is 7.91. The standard InChI is InChI=1S/C15H15BrFN5O/c16-12-3-1-2-11(8-12)9-19-21-15-18-10-13(17)14(20-15)22-4-6-23-7-5-22/h1-3,8-10H,4-7H2,(H,18,20,21)/b19-9-. The number of benzene rings is 1. The van der Waals surface area contributed by atoms with E-state index < -0.39 is 5.82 Å². The monoisotopic (exact) mass is 379 g/mol. The van der Waals surface area contributed by atoms with Crippen molar-refractivity contribution < 1.29 is 9.13 Å². The minimum atomic E-state index is -0.451. The number of anilines is 2. The molecule has 1 saturated heterocycles. The Balaban J connectivity index is 1.70. The van der Waals surface area contributed by atoms with Gasteiger partial charge in [0.2, 0.25) is 5.95 Å². The predicted molar refractivity (Wildman–Crippen MR) is 90.4 cm³/mol. The molecule has 0 aliphatic carbocycles. The number of aromatic nitrogens is 2. The quantitative estimate of drug-likeness (QED) is 0.653. The summed E-state index contributed by atoms with van der Waals surface area (Å²) in [5.74, 6) is 0.0658. The first kappa shape index (κ1) is 15.8. The summed E-state index contributed by atoms with van der Waals surface area (Å²) < 4.78 is 20.1. The van der Waals surface area contributed by atoms with E-state index in [0.717, 1.165) is 16.2 Å². The molecule has 1 N–H and O–H groups in total. The average Bonchev–Trinajstić information content (AvgIpc) is 2.57. The summed E-state index contributed by atoms with van der Waals surface area (Å²) in [5, 5.41) is 4.08. The molecule has 1 aromatic heterocycles. The second kappa shape index (κ2) is 7.47. The second-order valence-corrected chi connectivity index (χ2v) is 5.81. The fourth-order valence-corrected chi connectivity index (χ4v) is 2.58. The Morgan fingerprint density at radius 3 is 2.96 bits per heavy atom. The minimum absolute atomic E-state index is 0.249. The maximum atomic E-state index is 13.9. The van der Waals surface area contributed by atoms with Crippen LogP contribution in [0.15, 0.2) is 40.0 Å². The van der Waals surface area contributed by atoms with Gasteiger partial charge in [-0.3, -0.25) is 0 Å². The van der Waals surface area contributed by atoms with Crippen molar-refractivity contribution in [2.45, 2.75) is 0 Å². The zero-order valence-electron chi connectivity index (χ0n) is 12.2. The van der Waals surface area contributed by atoms with Crippen LogP contribution in [0.2, 0.25) is 0 Å². The Morgan fingerprint density at radius 2 is 2.17 bits per heavy atom. The maximum Gasteiger partial charge on any atom is 0.245 e. The molecule has 0 amide bonds. The number of hydrogen-bond donors (Lipinski definition) is 1. The maximum absolute atomic E-state index is 13.9. The Hall–Kier alpha value is -2.06. The van der Waals surface area contributed by atoms with Crippen molar-refractivity contribution in [3.05, 3.63) is 46.3 Å². The molecule has 6 nitrogen and oxygen atoms in total. The van der Waals surface area contributed by atoms with E-state index in [9.17, 15) is 4.39 Å². The van der Waals surface area contributed by atoms with Crippen LogP contribution in [0, 0.1) is 5.82 Å². The van der Waals surface area contributed by atoms with E-state index >= 15 is 0 Å². The zero-order chi connectivity index (χ0) is 16.1. The third kappa shape index (κ3) is 4.23. The number of hydrogen-bond acceptors (Lipinski definition) is 6. The highest BCUT2D eigenvalue weighted by atomic mass is 79.9. The molecule has 1 aliphatic rings. The summed E-state index contributed by atoms with van der Waals surface area (Å²) in [6, 6.07) is 7.69. The van der Waals surface area contributed by atoms with Crippen molar-refractivity contribution in [2.75, 3.05) is 36.6 Å². The molecule has 1 aliphatic heterocycles. The number of morpholine rings is 1. The van der Waals surface area contributed by atoms with Crippen molar-refractivity contribution in [1.82, 2.24) is 9.97 Å². The molecule has 120 valence electrons. The topological polar surface area (TPSA) is 62.6 Å². The van der Waals surface area contributed by atoms with Crippen LogP contribution in [0.1, 0.15) is 5.56 Å². The van der Waals surface area contributed by atoms with E-state index in [4.69, 9.17) is 4.74 Å². The average molecular weight is 380 g/mol. The van der Waals surface area contributed by atoms with Crippen LogP contribution < -0.4 is 10.3 Å². The van der Waals surface area contributed by atoms with Gasteiger partial charge < -0.3 is 9.64 Å². The third-order valence-corrected chi connectivity index (χ3v) is 3.76. The Labute approximate surface area is 141 Å². The van der Waals surface area contributed by atoms with E-state index in [1.165, 1.54) is 0 Å². The molecule has 0 saturated carbocycles. The zero-order valence-corrected chi connectivity index (χ0v) is 13.8. The van der Waals surface area contributed by atoms with Gasteiger partial charge in [-0.1, -0.05) is 28.1 Å². The molecular weight excluding hydrogens is 365 g/mol. The molecule has 1 fully saturated rings. The molecule has 0 unspecified atom stereocenters. The minimum Gasteiger partial charge on any atom is -0.378 e. The molecule has 0 spiro atoms. The summed E-state index contributed by atoms with van der Waals surface area (Å²) >= 11 is 3.40. The van der Waals surface area contributed by atoms with Crippen LogP contribution >= 0.6 is 15.9 Å². The highest BCUT2D eigenvalue weighted by molar-refractivity contribution is 9.10. The van der Waals surface area contributed by atoms with Crippen molar-refractivity contribution in [2.24, 2.45) is 5.10 Å². The summed E-state index contributed by atoms with van der Waals surface area (Å²) in [7, 11) is 0. The van der Waals surface area contributed by atoms with E-state index in [0.29, 0.717) is 26.3 Å². The molecule has 2 heterocycles. The number of halogens is 2. The fourth-order valence-electron chi connectivity index (χ4n) is 2.16. The van der Waals surface area contributed by atoms with Crippen molar-refractivity contribution in [1.29, 1.82) is 0 Å². The summed E-state index contributed by atoms with van der Waals surface area (Å²) in [6.07, 6.45) is 2.79. The number of rotatable bonds is 4. The number of ether oxygens (including phenoxy) is 1. The van der Waals surface area contributed by atoms with Gasteiger partial charge in [-0.15, -0.1) is 0 Å². The molecule has 0 bridgehead atoms. The SMILES string of the molecule is Fc1cnc(N/N=C\c2cccc(Br)c2)nc1N1CCOCC1. The van der Waals surface area contributed by atoms with E-state index in [2.05, 4.69) is 36.4 Å². The third-order valence-electron chi connectivity index (χ3n) is 3.26. The summed E-state index contributed by atoms with van der Waals surface area (Å²) in [4.78, 5) is 9.94. The normalized spacial score (nSPS) is 15.1. The largest absolute Gasteiger partial charge is 0.378 e. The fraction of sp³-hybridized carbons (Fsp3) is 0.267. The van der Waals surface area contributed by atoms with Gasteiger partial charge in [-0.25, -0.2) is 14.8 Å². The van der Waals surface area contributed by atoms with Crippen molar-refractivity contribution in [3.8, 4) is 0 Å². The van der Waals surface area contributed by atoms with Crippen LogP contribution in [-0.2, 0) is 4.74 Å². The Morgan fingerprint density at radius 1 is 1.35 bits per heavy atom. The lowest BCUT2D eigenvalue weighted by Gasteiger charge is -2.27. The molecule has 3 rings (SSSR count). The molecule has 8 heteroatoms. The molecule has 0 atom stereocenters. The van der Waals surface area contributed by atoms with Crippen LogP contribution in [0.3, 0.4) is 0 Å². The van der Waals surface area contributed by atoms with Crippen LogP contribution in [-0.4, -0.2) is 42.5 Å². The van der Waals surface area contributed by atoms with Gasteiger partial charge in [0.25, 0.3) is 0 Å². The summed E-state index contributed by atoms with van der Waals surface area (Å²) in [6.45, 7) is 2.34. The molecule has 23 heavy (non-hydrogen) atoms. The van der Waals surface area contributed by atoms with Crippen molar-refractivity contribution in [3.63, 3.8) is 0 Å². The highest BCUT2D eigenvalue weighted by Crippen LogP contribution is 2.18. The van der Waals surface area contributed by atoms with Gasteiger partial charge in [0.15, 0.2) is 11.6 Å². The molecule has 2 aromatic rings. The first-order valence-electron chi connectivity index (χ1n) is 7.12. The Bertz CT molecular complexity index is 706. The van der Waals surface area contributed by atoms with Gasteiger partial charge in [-0.05, 0) is 17.7 Å². The predicted octanol–water partition coefficient (Wildman–Crippen LogP) is 2.66. The summed E-state index contributed by atoms with van der Waals surface area (Å²) in [5.41, 5.74) is 3.65. The van der Waals surface area contributed by atoms with Gasteiger partial charge >= 0.3 is 0 Å². The van der Waals surface area contributed by atoms with Crippen LogP contribution in [0.5, 0.6) is 0 Å². The lowest BCUT2D eigenvalue weighted by Crippen LogP contribution is -2.37. The number of nitrogens with one attached hydrogen (secondary N) is 1. The Kier molecular flexibility index (Phi) is 5.14. The van der Waals surface area contributed by atoms with Gasteiger partial charge in [-0.2, -0.15) is 10.1 Å². The van der Waals surface area contributed by atoms with Crippen LogP contribution in [0.25, 0.3) is 0 Å². The number of hydrazone groups is 1. The van der Waals surface area contributed by atoms with Crippen LogP contribution in [0.4, 0.5) is 16.2 Å². The highest BCUT2D eigenvalue weighted by Gasteiger charge is 2.17. The second-order valence-electron chi connectivity index (χ2n) is 4.89. The molecular formula is C15H15BrFN5O. The van der Waals surface area contributed by atoms with Gasteiger partial charge in [0.1, 0.15) is 0 Å². The molecule has 0 radical (unpaired) electrons. The van der Waals surface area contributed by atoms with Gasteiger partial charge in [0, 0.05) is 17.6 Å².